The third-order valence-corrected chi connectivity index (χ3v) is 2.81. The van der Waals surface area contributed by atoms with E-state index < -0.39 is 12.3 Å². The van der Waals surface area contributed by atoms with E-state index in [0.29, 0.717) is 0 Å². The van der Waals surface area contributed by atoms with Crippen molar-refractivity contribution >= 4 is 12.3 Å². The third-order valence-electron chi connectivity index (χ3n) is 2.81. The van der Waals surface area contributed by atoms with E-state index in [2.05, 4.69) is 4.74 Å². The Labute approximate surface area is 81.7 Å². The molecule has 0 aromatic carbocycles. The monoisotopic (exact) mass is 202 g/mol. The van der Waals surface area contributed by atoms with Gasteiger partial charge < -0.3 is 14.9 Å². The topological polar surface area (TPSA) is 83.8 Å². The van der Waals surface area contributed by atoms with E-state index in [1.807, 2.05) is 0 Å². The molecule has 0 heterocycles. The van der Waals surface area contributed by atoms with Crippen LogP contribution in [0, 0.1) is 11.8 Å². The maximum atomic E-state index is 9.21. The Bertz CT molecular complexity index is 195. The zero-order valence-electron chi connectivity index (χ0n) is 7.81. The zero-order valence-corrected chi connectivity index (χ0v) is 7.81. The summed E-state index contributed by atoms with van der Waals surface area (Å²) < 4.78 is 3.08. The SMILES string of the molecule is C1CC2CCC1C2.O=C(O)OC(=O)O. The van der Waals surface area contributed by atoms with Crippen molar-refractivity contribution < 1.29 is 24.5 Å². The quantitative estimate of drug-likeness (QED) is 0.465. The van der Waals surface area contributed by atoms with Crippen molar-refractivity contribution in [1.29, 1.82) is 0 Å². The lowest BCUT2D eigenvalue weighted by molar-refractivity contribution is 0.0802. The Morgan fingerprint density at radius 1 is 0.929 bits per heavy atom. The molecule has 0 unspecified atom stereocenters. The van der Waals surface area contributed by atoms with Crippen LogP contribution >= 0.6 is 0 Å². The van der Waals surface area contributed by atoms with Crippen LogP contribution in [-0.2, 0) is 4.74 Å². The van der Waals surface area contributed by atoms with Gasteiger partial charge >= 0.3 is 12.3 Å². The van der Waals surface area contributed by atoms with Crippen molar-refractivity contribution in [2.24, 2.45) is 11.8 Å². The second-order valence-electron chi connectivity index (χ2n) is 3.76. The second kappa shape index (κ2) is 4.83. The molecule has 0 saturated heterocycles. The number of carboxylic acid groups (broad SMARTS) is 2. The predicted octanol–water partition coefficient (Wildman–Crippen LogP) is 2.56. The number of hydrogen-bond acceptors (Lipinski definition) is 3. The van der Waals surface area contributed by atoms with E-state index in [1.165, 1.54) is 11.8 Å². The molecular formula is C9H14O5. The van der Waals surface area contributed by atoms with E-state index >= 15 is 0 Å². The van der Waals surface area contributed by atoms with Gasteiger partial charge in [0, 0.05) is 0 Å². The number of ether oxygens (including phenoxy) is 1. The van der Waals surface area contributed by atoms with E-state index in [9.17, 15) is 9.59 Å². The summed E-state index contributed by atoms with van der Waals surface area (Å²) in [6, 6.07) is 0. The Morgan fingerprint density at radius 3 is 1.36 bits per heavy atom. The standard InChI is InChI=1S/C7H12.C2H2O5/c1-2-7-4-3-6(1)5-7;3-1(4)7-2(5)6/h6-7H,1-5H2;(H,3,4)(H,5,6). The van der Waals surface area contributed by atoms with Crippen LogP contribution in [0.1, 0.15) is 32.1 Å². The van der Waals surface area contributed by atoms with Crippen LogP contribution in [-0.4, -0.2) is 22.5 Å². The summed E-state index contributed by atoms with van der Waals surface area (Å²) in [6.07, 6.45) is 4.20. The van der Waals surface area contributed by atoms with Gasteiger partial charge in [0.05, 0.1) is 0 Å². The Kier molecular flexibility index (Phi) is 3.73. The van der Waals surface area contributed by atoms with Gasteiger partial charge in [0.15, 0.2) is 0 Å². The smallest absolute Gasteiger partial charge is 0.449 e. The van der Waals surface area contributed by atoms with E-state index in [0.717, 1.165) is 0 Å². The number of carbonyl (C=O) groups is 2. The minimum atomic E-state index is -1.81. The average Bonchev–Trinajstić information content (AvgIpc) is 2.63. The molecule has 14 heavy (non-hydrogen) atoms. The highest BCUT2D eigenvalue weighted by Gasteiger charge is 2.30. The Balaban J connectivity index is 0.000000140. The zero-order chi connectivity index (χ0) is 10.6. The van der Waals surface area contributed by atoms with Gasteiger partial charge in [0.1, 0.15) is 0 Å². The highest BCUT2D eigenvalue weighted by molar-refractivity contribution is 5.74. The lowest BCUT2D eigenvalue weighted by Crippen LogP contribution is -2.05. The molecule has 0 spiro atoms. The summed E-state index contributed by atoms with van der Waals surface area (Å²) in [5.41, 5.74) is 0. The fourth-order valence-electron chi connectivity index (χ4n) is 2.25. The van der Waals surface area contributed by atoms with Crippen molar-refractivity contribution in [3.8, 4) is 0 Å². The van der Waals surface area contributed by atoms with Crippen LogP contribution in [0.4, 0.5) is 9.59 Å². The fourth-order valence-corrected chi connectivity index (χ4v) is 2.25. The van der Waals surface area contributed by atoms with Crippen molar-refractivity contribution in [1.82, 2.24) is 0 Å². The first-order chi connectivity index (χ1) is 6.58. The van der Waals surface area contributed by atoms with Gasteiger partial charge in [-0.25, -0.2) is 9.59 Å². The third kappa shape index (κ3) is 3.64. The maximum Gasteiger partial charge on any atom is 0.516 e. The van der Waals surface area contributed by atoms with Gasteiger partial charge in [0.2, 0.25) is 0 Å². The van der Waals surface area contributed by atoms with E-state index in [-0.39, 0.29) is 0 Å². The lowest BCUT2D eigenvalue weighted by atomic mass is 10.0. The van der Waals surface area contributed by atoms with Crippen LogP contribution < -0.4 is 0 Å². The van der Waals surface area contributed by atoms with Crippen LogP contribution in [0.2, 0.25) is 0 Å². The summed E-state index contributed by atoms with van der Waals surface area (Å²) in [4.78, 5) is 18.4. The molecule has 2 saturated carbocycles. The fraction of sp³-hybridized carbons (Fsp3) is 0.778. The molecule has 2 fully saturated rings. The van der Waals surface area contributed by atoms with Crippen molar-refractivity contribution in [3.63, 3.8) is 0 Å². The number of hydrogen-bond donors (Lipinski definition) is 2. The first-order valence-corrected chi connectivity index (χ1v) is 4.71. The Morgan fingerprint density at radius 2 is 1.29 bits per heavy atom. The van der Waals surface area contributed by atoms with E-state index in [1.54, 1.807) is 32.1 Å². The molecule has 0 radical (unpaired) electrons. The second-order valence-corrected chi connectivity index (χ2v) is 3.76. The summed E-state index contributed by atoms with van der Waals surface area (Å²) in [7, 11) is 0. The largest absolute Gasteiger partial charge is 0.516 e. The molecule has 0 amide bonds. The first-order valence-electron chi connectivity index (χ1n) is 4.71. The van der Waals surface area contributed by atoms with Crippen molar-refractivity contribution in [3.05, 3.63) is 0 Å². The molecule has 2 rings (SSSR count). The molecule has 0 aromatic heterocycles. The minimum absolute atomic E-state index is 1.17. The Hall–Kier alpha value is -1.26. The molecule has 5 heteroatoms. The highest BCUT2D eigenvalue weighted by Crippen LogP contribution is 2.43. The van der Waals surface area contributed by atoms with Crippen LogP contribution in [0.3, 0.4) is 0 Å². The molecular weight excluding hydrogens is 188 g/mol. The highest BCUT2D eigenvalue weighted by atomic mass is 16.7. The van der Waals surface area contributed by atoms with E-state index in [4.69, 9.17) is 10.2 Å². The summed E-state index contributed by atoms with van der Waals surface area (Å²) in [5, 5.41) is 15.0. The molecule has 80 valence electrons. The van der Waals surface area contributed by atoms with Crippen molar-refractivity contribution in [2.45, 2.75) is 32.1 Å². The van der Waals surface area contributed by atoms with Crippen molar-refractivity contribution in [2.75, 3.05) is 0 Å². The van der Waals surface area contributed by atoms with Gasteiger partial charge in [-0.1, -0.05) is 25.7 Å². The summed E-state index contributed by atoms with van der Waals surface area (Å²) in [6.45, 7) is 0. The molecule has 2 N–H and O–H groups in total. The van der Waals surface area contributed by atoms with Gasteiger partial charge in [-0.3, -0.25) is 0 Å². The van der Waals surface area contributed by atoms with Gasteiger partial charge in [-0.15, -0.1) is 0 Å². The number of fused-ring (bicyclic) bond motifs is 2. The minimum Gasteiger partial charge on any atom is -0.449 e. The molecule has 0 atom stereocenters. The van der Waals surface area contributed by atoms with Crippen LogP contribution in [0.5, 0.6) is 0 Å². The molecule has 2 aliphatic rings. The lowest BCUT2D eigenvalue weighted by Gasteiger charge is -2.05. The molecule has 2 aliphatic carbocycles. The maximum absolute atomic E-state index is 9.21. The van der Waals surface area contributed by atoms with Gasteiger partial charge in [0.25, 0.3) is 0 Å². The molecule has 0 aromatic rings. The average molecular weight is 202 g/mol. The van der Waals surface area contributed by atoms with Crippen LogP contribution in [0.25, 0.3) is 0 Å². The predicted molar refractivity (Wildman–Crippen MR) is 47.2 cm³/mol. The van der Waals surface area contributed by atoms with Gasteiger partial charge in [-0.05, 0) is 18.3 Å². The molecule has 0 aliphatic heterocycles. The van der Waals surface area contributed by atoms with Gasteiger partial charge in [-0.2, -0.15) is 0 Å². The summed E-state index contributed by atoms with van der Waals surface area (Å²) >= 11 is 0. The van der Waals surface area contributed by atoms with Crippen LogP contribution in [0.15, 0.2) is 0 Å². The number of rotatable bonds is 0. The normalized spacial score (nSPS) is 27.7. The first kappa shape index (κ1) is 10.8. The summed E-state index contributed by atoms with van der Waals surface area (Å²) in [5.74, 6) is 2.34. The molecule has 2 bridgehead atoms. The molecule has 5 nitrogen and oxygen atoms in total.